The van der Waals surface area contributed by atoms with Crippen LogP contribution in [0.3, 0.4) is 0 Å². The molecule has 0 N–H and O–H groups in total. The molecule has 0 bridgehead atoms. The van der Waals surface area contributed by atoms with Gasteiger partial charge in [0.25, 0.3) is 0 Å². The van der Waals surface area contributed by atoms with E-state index in [1.807, 2.05) is 85.8 Å². The molecule has 0 amide bonds. The van der Waals surface area contributed by atoms with Gasteiger partial charge in [-0.05, 0) is 19.1 Å². The smallest absolute Gasteiger partial charge is 0.213 e. The summed E-state index contributed by atoms with van der Waals surface area (Å²) in [6.45, 7) is 1.85. The lowest BCUT2D eigenvalue weighted by molar-refractivity contribution is 0.106. The van der Waals surface area contributed by atoms with Crippen molar-refractivity contribution >= 4 is 29.3 Å². The van der Waals surface area contributed by atoms with Crippen LogP contribution in [-0.2, 0) is 0 Å². The molecule has 0 fully saturated rings. The van der Waals surface area contributed by atoms with Gasteiger partial charge in [-0.2, -0.15) is 10.2 Å². The van der Waals surface area contributed by atoms with Gasteiger partial charge in [-0.1, -0.05) is 90.5 Å². The van der Waals surface area contributed by atoms with Crippen molar-refractivity contribution in [2.75, 3.05) is 0 Å². The molecule has 0 spiro atoms. The van der Waals surface area contributed by atoms with Crippen LogP contribution >= 0.6 is 11.6 Å². The number of ketones is 1. The second-order valence-electron chi connectivity index (χ2n) is 6.79. The van der Waals surface area contributed by atoms with Crippen molar-refractivity contribution in [1.29, 1.82) is 0 Å². The fraction of sp³-hybridized carbons (Fsp3) is 0.0400. The third kappa shape index (κ3) is 4.52. The number of carbonyl (C=O) groups is 1. The zero-order valence-electron chi connectivity index (χ0n) is 16.8. The summed E-state index contributed by atoms with van der Waals surface area (Å²) in [5.74, 6) is -0.202. The lowest BCUT2D eigenvalue weighted by Crippen LogP contribution is -2.15. The SMILES string of the molecule is Cc1nn(-c2ccccc2)c(Cl)c1C=NN=C(C(=O)c1ccccc1)c1ccccc1. The molecule has 1 aromatic heterocycles. The van der Waals surface area contributed by atoms with E-state index in [9.17, 15) is 4.79 Å². The van der Waals surface area contributed by atoms with Crippen LogP contribution in [0.2, 0.25) is 5.15 Å². The number of aromatic nitrogens is 2. The summed E-state index contributed by atoms with van der Waals surface area (Å²) in [4.78, 5) is 13.1. The number of aryl methyl sites for hydroxylation is 1. The Balaban J connectivity index is 1.70. The number of hydrogen-bond donors (Lipinski definition) is 0. The number of hydrogen-bond acceptors (Lipinski definition) is 4. The molecule has 0 aliphatic carbocycles. The zero-order chi connectivity index (χ0) is 21.6. The predicted octanol–water partition coefficient (Wildman–Crippen LogP) is 5.54. The van der Waals surface area contributed by atoms with Gasteiger partial charge in [-0.15, -0.1) is 5.10 Å². The largest absolute Gasteiger partial charge is 0.287 e. The van der Waals surface area contributed by atoms with Gasteiger partial charge in [0.1, 0.15) is 10.9 Å². The molecule has 4 rings (SSSR count). The molecule has 152 valence electrons. The van der Waals surface area contributed by atoms with E-state index in [1.165, 1.54) is 6.21 Å². The van der Waals surface area contributed by atoms with Crippen molar-refractivity contribution in [2.45, 2.75) is 6.92 Å². The highest BCUT2D eigenvalue weighted by molar-refractivity contribution is 6.51. The van der Waals surface area contributed by atoms with E-state index in [-0.39, 0.29) is 11.5 Å². The molecule has 0 aliphatic heterocycles. The number of para-hydroxylation sites is 1. The molecule has 0 atom stereocenters. The third-order valence-electron chi connectivity index (χ3n) is 4.69. The first kappa shape index (κ1) is 20.4. The van der Waals surface area contributed by atoms with Gasteiger partial charge in [-0.3, -0.25) is 4.79 Å². The van der Waals surface area contributed by atoms with Crippen LogP contribution in [0.1, 0.15) is 27.2 Å². The minimum atomic E-state index is -0.202. The van der Waals surface area contributed by atoms with Crippen LogP contribution in [0, 0.1) is 6.92 Å². The summed E-state index contributed by atoms with van der Waals surface area (Å²) < 4.78 is 1.65. The fourth-order valence-corrected chi connectivity index (χ4v) is 3.42. The van der Waals surface area contributed by atoms with Crippen LogP contribution in [0.25, 0.3) is 5.69 Å². The maximum Gasteiger partial charge on any atom is 0.213 e. The Labute approximate surface area is 185 Å². The first-order valence-electron chi connectivity index (χ1n) is 9.72. The Bertz CT molecular complexity index is 1250. The monoisotopic (exact) mass is 426 g/mol. The van der Waals surface area contributed by atoms with Crippen molar-refractivity contribution in [3.05, 3.63) is 119 Å². The zero-order valence-corrected chi connectivity index (χ0v) is 17.6. The molecule has 4 aromatic rings. The van der Waals surface area contributed by atoms with E-state index >= 15 is 0 Å². The molecule has 0 aliphatic rings. The van der Waals surface area contributed by atoms with E-state index < -0.39 is 0 Å². The molecule has 3 aromatic carbocycles. The molecule has 6 heteroatoms. The minimum absolute atomic E-state index is 0.202. The van der Waals surface area contributed by atoms with Gasteiger partial charge in [0.05, 0.1) is 23.2 Å². The molecule has 1 heterocycles. The first-order valence-corrected chi connectivity index (χ1v) is 10.1. The van der Waals surface area contributed by atoms with Gasteiger partial charge in [0.2, 0.25) is 5.78 Å². The maximum absolute atomic E-state index is 13.1. The number of rotatable bonds is 6. The van der Waals surface area contributed by atoms with Crippen LogP contribution in [0.4, 0.5) is 0 Å². The van der Waals surface area contributed by atoms with Gasteiger partial charge in [-0.25, -0.2) is 4.68 Å². The highest BCUT2D eigenvalue weighted by atomic mass is 35.5. The Kier molecular flexibility index (Phi) is 6.15. The van der Waals surface area contributed by atoms with Gasteiger partial charge in [0.15, 0.2) is 0 Å². The molecular formula is C25H19ClN4O. The molecule has 0 radical (unpaired) electrons. The summed E-state index contributed by atoms with van der Waals surface area (Å²) >= 11 is 6.55. The summed E-state index contributed by atoms with van der Waals surface area (Å²) in [5.41, 5.74) is 3.70. The Morgan fingerprint density at radius 1 is 0.871 bits per heavy atom. The Morgan fingerprint density at radius 2 is 1.42 bits per heavy atom. The summed E-state index contributed by atoms with van der Waals surface area (Å²) in [6, 6.07) is 27.9. The van der Waals surface area contributed by atoms with Crippen molar-refractivity contribution in [1.82, 2.24) is 9.78 Å². The minimum Gasteiger partial charge on any atom is -0.287 e. The number of Topliss-reactive ketones (excluding diaryl/α,β-unsaturated/α-hetero) is 1. The lowest BCUT2D eigenvalue weighted by atomic mass is 10.0. The van der Waals surface area contributed by atoms with Crippen LogP contribution in [-0.4, -0.2) is 27.5 Å². The molecule has 0 saturated heterocycles. The second-order valence-corrected chi connectivity index (χ2v) is 7.15. The Morgan fingerprint density at radius 3 is 2.03 bits per heavy atom. The van der Waals surface area contributed by atoms with E-state index in [1.54, 1.807) is 16.8 Å². The fourth-order valence-electron chi connectivity index (χ4n) is 3.10. The van der Waals surface area contributed by atoms with Crippen molar-refractivity contribution in [3.63, 3.8) is 0 Å². The lowest BCUT2D eigenvalue weighted by Gasteiger charge is -2.04. The normalized spacial score (nSPS) is 11.7. The third-order valence-corrected chi connectivity index (χ3v) is 5.06. The number of nitrogens with zero attached hydrogens (tertiary/aromatic N) is 4. The number of halogens is 1. The molecule has 0 unspecified atom stereocenters. The highest BCUT2D eigenvalue weighted by Gasteiger charge is 2.17. The van der Waals surface area contributed by atoms with E-state index in [0.717, 1.165) is 5.69 Å². The van der Waals surface area contributed by atoms with Crippen LogP contribution in [0.15, 0.2) is 101 Å². The van der Waals surface area contributed by atoms with Crippen molar-refractivity contribution in [2.24, 2.45) is 10.2 Å². The van der Waals surface area contributed by atoms with Gasteiger partial charge in [0, 0.05) is 11.1 Å². The molecule has 31 heavy (non-hydrogen) atoms. The topological polar surface area (TPSA) is 59.6 Å². The van der Waals surface area contributed by atoms with Gasteiger partial charge < -0.3 is 0 Å². The summed E-state index contributed by atoms with van der Waals surface area (Å²) in [5, 5.41) is 13.4. The quantitative estimate of drug-likeness (QED) is 0.231. The summed E-state index contributed by atoms with van der Waals surface area (Å²) in [7, 11) is 0. The number of carbonyl (C=O) groups excluding carboxylic acids is 1. The number of benzene rings is 3. The van der Waals surface area contributed by atoms with Crippen LogP contribution in [0.5, 0.6) is 0 Å². The molecule has 0 saturated carbocycles. The van der Waals surface area contributed by atoms with Gasteiger partial charge >= 0.3 is 0 Å². The first-order chi connectivity index (χ1) is 15.1. The maximum atomic E-state index is 13.1. The standard InChI is InChI=1S/C25H19ClN4O/c1-18-22(25(26)30(29-18)21-15-9-4-10-16-21)17-27-28-23(19-11-5-2-6-12-19)24(31)20-13-7-3-8-14-20/h2-17H,1H3. The molecular weight excluding hydrogens is 408 g/mol. The van der Waals surface area contributed by atoms with E-state index in [2.05, 4.69) is 15.3 Å². The van der Waals surface area contributed by atoms with Crippen molar-refractivity contribution < 1.29 is 4.79 Å². The van der Waals surface area contributed by atoms with E-state index in [4.69, 9.17) is 11.6 Å². The average molecular weight is 427 g/mol. The predicted molar refractivity (Wildman–Crippen MR) is 125 cm³/mol. The van der Waals surface area contributed by atoms with Crippen molar-refractivity contribution in [3.8, 4) is 5.69 Å². The van der Waals surface area contributed by atoms with Crippen LogP contribution < -0.4 is 0 Å². The summed E-state index contributed by atoms with van der Waals surface area (Å²) in [6.07, 6.45) is 1.53. The Hall–Kier alpha value is -3.83. The second kappa shape index (κ2) is 9.32. The highest BCUT2D eigenvalue weighted by Crippen LogP contribution is 2.22. The molecule has 5 nitrogen and oxygen atoms in total. The van der Waals surface area contributed by atoms with E-state index in [0.29, 0.717) is 27.5 Å². The average Bonchev–Trinajstić information content (AvgIpc) is 3.11.